The van der Waals surface area contributed by atoms with Crippen molar-refractivity contribution in [3.63, 3.8) is 0 Å². The molecule has 0 aliphatic carbocycles. The predicted molar refractivity (Wildman–Crippen MR) is 74.6 cm³/mol. The molecule has 0 unspecified atom stereocenters. The van der Waals surface area contributed by atoms with Gasteiger partial charge in [-0.2, -0.15) is 0 Å². The first-order chi connectivity index (χ1) is 9.10. The average Bonchev–Trinajstić information content (AvgIpc) is 2.42. The van der Waals surface area contributed by atoms with E-state index in [-0.39, 0.29) is 22.3 Å². The van der Waals surface area contributed by atoms with Crippen LogP contribution in [0.5, 0.6) is 5.75 Å². The summed E-state index contributed by atoms with van der Waals surface area (Å²) in [5, 5.41) is 2.93. The third kappa shape index (κ3) is 3.14. The smallest absolute Gasteiger partial charge is 0.257 e. The van der Waals surface area contributed by atoms with Crippen LogP contribution >= 0.6 is 11.6 Å². The lowest BCUT2D eigenvalue weighted by molar-refractivity contribution is 0.102. The minimum atomic E-state index is -0.341. The molecule has 1 aromatic heterocycles. The molecular weight excluding hydrogens is 266 g/mol. The third-order valence-electron chi connectivity index (χ3n) is 2.49. The van der Waals surface area contributed by atoms with Crippen LogP contribution in [-0.2, 0) is 0 Å². The number of hydrogen-bond acceptors (Lipinski definition) is 4. The van der Waals surface area contributed by atoms with Crippen molar-refractivity contribution in [2.45, 2.75) is 0 Å². The van der Waals surface area contributed by atoms with Gasteiger partial charge in [-0.3, -0.25) is 4.79 Å². The van der Waals surface area contributed by atoms with E-state index in [1.807, 2.05) is 0 Å². The number of nitrogens with one attached hydrogen (secondary N) is 1. The van der Waals surface area contributed by atoms with Crippen molar-refractivity contribution >= 4 is 28.9 Å². The first kappa shape index (κ1) is 13.2. The monoisotopic (exact) mass is 277 g/mol. The van der Waals surface area contributed by atoms with E-state index in [2.05, 4.69) is 10.3 Å². The molecule has 0 bridgehead atoms. The number of nitrogen functional groups attached to an aromatic ring is 1. The molecular formula is C13H12ClN3O2. The summed E-state index contributed by atoms with van der Waals surface area (Å²) in [4.78, 5) is 15.8. The van der Waals surface area contributed by atoms with Crippen LogP contribution in [0.4, 0.5) is 11.4 Å². The van der Waals surface area contributed by atoms with E-state index < -0.39 is 0 Å². The van der Waals surface area contributed by atoms with Crippen LogP contribution in [0, 0.1) is 0 Å². The highest BCUT2D eigenvalue weighted by atomic mass is 35.5. The van der Waals surface area contributed by atoms with Crippen LogP contribution in [0.25, 0.3) is 0 Å². The van der Waals surface area contributed by atoms with E-state index in [9.17, 15) is 4.79 Å². The Morgan fingerprint density at radius 1 is 1.37 bits per heavy atom. The summed E-state index contributed by atoms with van der Waals surface area (Å²) in [5.41, 5.74) is 6.89. The summed E-state index contributed by atoms with van der Waals surface area (Å²) in [7, 11) is 1.58. The first-order valence-electron chi connectivity index (χ1n) is 5.46. The van der Waals surface area contributed by atoms with Crippen LogP contribution in [0.1, 0.15) is 10.4 Å². The van der Waals surface area contributed by atoms with Crippen molar-refractivity contribution in [3.05, 3.63) is 47.2 Å². The van der Waals surface area contributed by atoms with Gasteiger partial charge in [-0.1, -0.05) is 11.6 Å². The molecule has 1 amide bonds. The number of nitrogens with two attached hydrogens (primary N) is 1. The minimum absolute atomic E-state index is 0.217. The van der Waals surface area contributed by atoms with E-state index >= 15 is 0 Å². The molecule has 0 fully saturated rings. The fourth-order valence-electron chi connectivity index (χ4n) is 1.51. The van der Waals surface area contributed by atoms with E-state index in [1.165, 1.54) is 12.3 Å². The molecule has 0 aliphatic heterocycles. The number of hydrogen-bond donors (Lipinski definition) is 2. The number of ether oxygens (including phenoxy) is 1. The van der Waals surface area contributed by atoms with E-state index in [1.54, 1.807) is 31.4 Å². The van der Waals surface area contributed by atoms with E-state index in [0.717, 1.165) is 0 Å². The van der Waals surface area contributed by atoms with Crippen molar-refractivity contribution in [1.29, 1.82) is 0 Å². The Morgan fingerprint density at radius 3 is 2.68 bits per heavy atom. The molecule has 2 rings (SSSR count). The lowest BCUT2D eigenvalue weighted by Crippen LogP contribution is -2.14. The number of aromatic nitrogens is 1. The van der Waals surface area contributed by atoms with Crippen molar-refractivity contribution < 1.29 is 9.53 Å². The number of carbonyl (C=O) groups excluding carboxylic acids is 1. The highest BCUT2D eigenvalue weighted by Crippen LogP contribution is 2.19. The number of anilines is 2. The summed E-state index contributed by atoms with van der Waals surface area (Å²) >= 11 is 5.74. The molecule has 5 nitrogen and oxygen atoms in total. The van der Waals surface area contributed by atoms with Crippen molar-refractivity contribution in [3.8, 4) is 5.75 Å². The Kier molecular flexibility index (Phi) is 3.87. The van der Waals surface area contributed by atoms with Gasteiger partial charge in [-0.15, -0.1) is 0 Å². The quantitative estimate of drug-likeness (QED) is 0.846. The standard InChI is InChI=1S/C13H12ClN3O2/c1-19-9-4-2-8(3-5-9)17-13(18)10-6-12(14)16-7-11(10)15/h2-7H,15H2,1H3,(H,17,18). The second-order valence-corrected chi connectivity index (χ2v) is 4.16. The Labute approximate surface area is 115 Å². The molecule has 19 heavy (non-hydrogen) atoms. The molecule has 0 saturated carbocycles. The average molecular weight is 278 g/mol. The Morgan fingerprint density at radius 2 is 2.05 bits per heavy atom. The normalized spacial score (nSPS) is 10.0. The number of halogens is 1. The fourth-order valence-corrected chi connectivity index (χ4v) is 1.67. The van der Waals surface area contributed by atoms with Crippen LogP contribution < -0.4 is 15.8 Å². The van der Waals surface area contributed by atoms with Crippen LogP contribution in [0.3, 0.4) is 0 Å². The molecule has 6 heteroatoms. The summed E-state index contributed by atoms with van der Waals surface area (Å²) in [6.45, 7) is 0. The van der Waals surface area contributed by atoms with Crippen molar-refractivity contribution in [1.82, 2.24) is 4.98 Å². The van der Waals surface area contributed by atoms with Crippen molar-refractivity contribution in [2.24, 2.45) is 0 Å². The van der Waals surface area contributed by atoms with Crippen LogP contribution in [-0.4, -0.2) is 18.0 Å². The highest BCUT2D eigenvalue weighted by molar-refractivity contribution is 6.30. The van der Waals surface area contributed by atoms with Gasteiger partial charge in [0.2, 0.25) is 0 Å². The molecule has 0 aliphatic rings. The molecule has 3 N–H and O–H groups in total. The molecule has 0 radical (unpaired) electrons. The first-order valence-corrected chi connectivity index (χ1v) is 5.84. The summed E-state index contributed by atoms with van der Waals surface area (Å²) < 4.78 is 5.04. The highest BCUT2D eigenvalue weighted by Gasteiger charge is 2.11. The number of rotatable bonds is 3. The SMILES string of the molecule is COc1ccc(NC(=O)c2cc(Cl)ncc2N)cc1. The predicted octanol–water partition coefficient (Wildman–Crippen LogP) is 2.58. The summed E-state index contributed by atoms with van der Waals surface area (Å²) in [5.74, 6) is 0.372. The number of amides is 1. The maximum absolute atomic E-state index is 12.0. The van der Waals surface area contributed by atoms with Gasteiger partial charge in [0.15, 0.2) is 0 Å². The number of benzene rings is 1. The van der Waals surface area contributed by atoms with Crippen LogP contribution in [0.2, 0.25) is 5.15 Å². The molecule has 2 aromatic rings. The summed E-state index contributed by atoms with van der Waals surface area (Å²) in [6.07, 6.45) is 1.35. The van der Waals surface area contributed by atoms with E-state index in [0.29, 0.717) is 11.4 Å². The van der Waals surface area contributed by atoms with E-state index in [4.69, 9.17) is 22.1 Å². The molecule has 1 heterocycles. The zero-order valence-corrected chi connectivity index (χ0v) is 10.9. The van der Waals surface area contributed by atoms with Gasteiger partial charge in [0.1, 0.15) is 10.9 Å². The number of pyridine rings is 1. The number of nitrogens with zero attached hydrogens (tertiary/aromatic N) is 1. The topological polar surface area (TPSA) is 77.2 Å². The maximum atomic E-state index is 12.0. The van der Waals surface area contributed by atoms with Crippen molar-refractivity contribution in [2.75, 3.05) is 18.2 Å². The van der Waals surface area contributed by atoms with Gasteiger partial charge >= 0.3 is 0 Å². The second kappa shape index (κ2) is 5.58. The van der Waals surface area contributed by atoms with Gasteiger partial charge in [0.05, 0.1) is 24.6 Å². The maximum Gasteiger partial charge on any atom is 0.257 e. The number of methoxy groups -OCH3 is 1. The number of carbonyl (C=O) groups is 1. The second-order valence-electron chi connectivity index (χ2n) is 3.78. The summed E-state index contributed by atoms with van der Waals surface area (Å²) in [6, 6.07) is 8.39. The molecule has 0 atom stereocenters. The minimum Gasteiger partial charge on any atom is -0.497 e. The zero-order chi connectivity index (χ0) is 13.8. The Balaban J connectivity index is 2.18. The fraction of sp³-hybridized carbons (Fsp3) is 0.0769. The van der Waals surface area contributed by atoms with Gasteiger partial charge in [0.25, 0.3) is 5.91 Å². The lowest BCUT2D eigenvalue weighted by Gasteiger charge is -2.08. The van der Waals surface area contributed by atoms with Gasteiger partial charge in [0, 0.05) is 5.69 Å². The molecule has 0 spiro atoms. The van der Waals surface area contributed by atoms with Gasteiger partial charge < -0.3 is 15.8 Å². The molecule has 1 aromatic carbocycles. The molecule has 0 saturated heterocycles. The lowest BCUT2D eigenvalue weighted by atomic mass is 10.2. The third-order valence-corrected chi connectivity index (χ3v) is 2.70. The zero-order valence-electron chi connectivity index (χ0n) is 10.2. The van der Waals surface area contributed by atoms with Gasteiger partial charge in [-0.05, 0) is 30.3 Å². The van der Waals surface area contributed by atoms with Gasteiger partial charge in [-0.25, -0.2) is 4.98 Å². The Bertz CT molecular complexity index is 599. The molecule has 98 valence electrons. The Hall–Kier alpha value is -2.27. The largest absolute Gasteiger partial charge is 0.497 e. The van der Waals surface area contributed by atoms with Crippen LogP contribution in [0.15, 0.2) is 36.5 Å².